The number of amides is 1. The molecule has 1 saturated heterocycles. The van der Waals surface area contributed by atoms with Gasteiger partial charge in [-0.15, -0.1) is 5.10 Å². The van der Waals surface area contributed by atoms with Gasteiger partial charge >= 0.3 is 0 Å². The minimum Gasteiger partial charge on any atom is -0.378 e. The van der Waals surface area contributed by atoms with Crippen LogP contribution >= 0.6 is 11.8 Å². The Hall–Kier alpha value is -2.78. The predicted molar refractivity (Wildman–Crippen MR) is 109 cm³/mol. The molecule has 0 atom stereocenters. The summed E-state index contributed by atoms with van der Waals surface area (Å²) in [6.45, 7) is 6.09. The van der Waals surface area contributed by atoms with E-state index in [2.05, 4.69) is 20.3 Å². The highest BCUT2D eigenvalue weighted by molar-refractivity contribution is 7.98. The summed E-state index contributed by atoms with van der Waals surface area (Å²) in [6.07, 6.45) is 0. The molecule has 0 spiro atoms. The van der Waals surface area contributed by atoms with Crippen LogP contribution in [0.2, 0.25) is 0 Å². The summed E-state index contributed by atoms with van der Waals surface area (Å²) < 4.78 is 7.09. The molecule has 3 aromatic rings. The molecule has 0 N–H and O–H groups in total. The van der Waals surface area contributed by atoms with E-state index in [4.69, 9.17) is 4.74 Å². The van der Waals surface area contributed by atoms with Crippen molar-refractivity contribution in [2.45, 2.75) is 24.8 Å². The number of nitrogens with zero attached hydrogens (tertiary/aromatic N) is 6. The third-order valence-electron chi connectivity index (χ3n) is 4.56. The van der Waals surface area contributed by atoms with Gasteiger partial charge in [-0.3, -0.25) is 4.79 Å². The largest absolute Gasteiger partial charge is 0.378 e. The second kappa shape index (κ2) is 8.71. The Morgan fingerprint density at radius 2 is 1.79 bits per heavy atom. The molecular weight excluding hydrogens is 388 g/mol. The summed E-state index contributed by atoms with van der Waals surface area (Å²) in [5, 5.41) is 9.20. The number of aryl methyl sites for hydroxylation is 2. The summed E-state index contributed by atoms with van der Waals surface area (Å²) in [5.41, 5.74) is 3.80. The fourth-order valence-corrected chi connectivity index (χ4v) is 4.12. The number of hydrogen-bond acceptors (Lipinski definition) is 7. The Kier molecular flexibility index (Phi) is 5.86. The van der Waals surface area contributed by atoms with Gasteiger partial charge in [-0.25, -0.2) is 14.6 Å². The van der Waals surface area contributed by atoms with Gasteiger partial charge in [0.1, 0.15) is 0 Å². The normalized spacial score (nSPS) is 14.2. The first-order valence-electron chi connectivity index (χ1n) is 9.44. The molecule has 9 heteroatoms. The van der Waals surface area contributed by atoms with E-state index in [-0.39, 0.29) is 5.91 Å². The Morgan fingerprint density at radius 3 is 2.48 bits per heavy atom. The topological polar surface area (TPSA) is 86.0 Å². The van der Waals surface area contributed by atoms with Gasteiger partial charge in [-0.2, -0.15) is 0 Å². The van der Waals surface area contributed by atoms with Crippen molar-refractivity contribution in [3.05, 3.63) is 59.2 Å². The highest BCUT2D eigenvalue weighted by atomic mass is 32.2. The molecule has 0 aliphatic carbocycles. The van der Waals surface area contributed by atoms with Crippen molar-refractivity contribution < 1.29 is 9.53 Å². The second-order valence-electron chi connectivity index (χ2n) is 6.76. The number of carbonyl (C=O) groups is 1. The third kappa shape index (κ3) is 4.46. The maximum absolute atomic E-state index is 13.1. The zero-order valence-corrected chi connectivity index (χ0v) is 17.2. The molecule has 1 amide bonds. The third-order valence-corrected chi connectivity index (χ3v) is 5.42. The Labute approximate surface area is 173 Å². The molecule has 1 fully saturated rings. The van der Waals surface area contributed by atoms with Gasteiger partial charge in [0.05, 0.1) is 24.6 Å². The minimum absolute atomic E-state index is 0.118. The Bertz CT molecular complexity index is 981. The van der Waals surface area contributed by atoms with Crippen molar-refractivity contribution in [3.8, 4) is 5.69 Å². The van der Waals surface area contributed by atoms with Crippen LogP contribution in [0, 0.1) is 13.8 Å². The monoisotopic (exact) mass is 410 g/mol. The standard InChI is InChI=1S/C20H22N6O2S/c1-14-12-15(2)22-20(21-14)29-13-17-18(19(27)25-8-10-28-11-9-25)23-24-26(17)16-6-4-3-5-7-16/h3-7,12H,8-11,13H2,1-2H3. The van der Waals surface area contributed by atoms with E-state index in [1.54, 1.807) is 9.58 Å². The van der Waals surface area contributed by atoms with Gasteiger partial charge in [0.2, 0.25) is 0 Å². The highest BCUT2D eigenvalue weighted by Crippen LogP contribution is 2.24. The van der Waals surface area contributed by atoms with Crippen LogP contribution in [-0.4, -0.2) is 62.1 Å². The molecule has 0 saturated carbocycles. The smallest absolute Gasteiger partial charge is 0.276 e. The van der Waals surface area contributed by atoms with Crippen molar-refractivity contribution in [1.82, 2.24) is 29.9 Å². The first-order valence-corrected chi connectivity index (χ1v) is 10.4. The summed E-state index contributed by atoms with van der Waals surface area (Å²) in [7, 11) is 0. The molecule has 1 aliphatic heterocycles. The summed E-state index contributed by atoms with van der Waals surface area (Å²) >= 11 is 1.48. The van der Waals surface area contributed by atoms with E-state index in [0.717, 1.165) is 22.8 Å². The lowest BCUT2D eigenvalue weighted by molar-refractivity contribution is 0.0298. The van der Waals surface area contributed by atoms with Crippen LogP contribution in [0.4, 0.5) is 0 Å². The molecule has 4 rings (SSSR count). The molecule has 3 heterocycles. The lowest BCUT2D eigenvalue weighted by Crippen LogP contribution is -2.41. The molecule has 0 radical (unpaired) electrons. The van der Waals surface area contributed by atoms with Gasteiger partial charge in [-0.1, -0.05) is 35.2 Å². The molecular formula is C20H22N6O2S. The van der Waals surface area contributed by atoms with E-state index in [0.29, 0.717) is 42.9 Å². The van der Waals surface area contributed by atoms with Crippen molar-refractivity contribution in [2.24, 2.45) is 0 Å². The number of morpholine rings is 1. The first-order chi connectivity index (χ1) is 14.1. The number of rotatable bonds is 5. The second-order valence-corrected chi connectivity index (χ2v) is 7.70. The lowest BCUT2D eigenvalue weighted by Gasteiger charge is -2.26. The van der Waals surface area contributed by atoms with E-state index < -0.39 is 0 Å². The number of para-hydroxylation sites is 1. The number of ether oxygens (including phenoxy) is 1. The van der Waals surface area contributed by atoms with Gasteiger partial charge in [-0.05, 0) is 32.0 Å². The van der Waals surface area contributed by atoms with Crippen LogP contribution in [-0.2, 0) is 10.5 Å². The van der Waals surface area contributed by atoms with Crippen LogP contribution in [0.5, 0.6) is 0 Å². The van der Waals surface area contributed by atoms with E-state index in [1.807, 2.05) is 50.2 Å². The van der Waals surface area contributed by atoms with Crippen molar-refractivity contribution in [2.75, 3.05) is 26.3 Å². The van der Waals surface area contributed by atoms with Crippen LogP contribution in [0.3, 0.4) is 0 Å². The maximum atomic E-state index is 13.1. The maximum Gasteiger partial charge on any atom is 0.276 e. The summed E-state index contributed by atoms with van der Waals surface area (Å²) in [5.74, 6) is 0.364. The highest BCUT2D eigenvalue weighted by Gasteiger charge is 2.26. The van der Waals surface area contributed by atoms with Crippen LogP contribution in [0.25, 0.3) is 5.69 Å². The fourth-order valence-electron chi connectivity index (χ4n) is 3.18. The van der Waals surface area contributed by atoms with Crippen LogP contribution in [0.1, 0.15) is 27.6 Å². The minimum atomic E-state index is -0.118. The number of carbonyl (C=O) groups excluding carboxylic acids is 1. The van der Waals surface area contributed by atoms with Gasteiger partial charge in [0.15, 0.2) is 10.9 Å². The molecule has 0 unspecified atom stereocenters. The van der Waals surface area contributed by atoms with Crippen LogP contribution < -0.4 is 0 Å². The van der Waals surface area contributed by atoms with Gasteiger partial charge < -0.3 is 9.64 Å². The van der Waals surface area contributed by atoms with Crippen molar-refractivity contribution in [1.29, 1.82) is 0 Å². The Morgan fingerprint density at radius 1 is 1.10 bits per heavy atom. The zero-order valence-electron chi connectivity index (χ0n) is 16.4. The fraction of sp³-hybridized carbons (Fsp3) is 0.350. The van der Waals surface area contributed by atoms with Crippen molar-refractivity contribution >= 4 is 17.7 Å². The molecule has 0 bridgehead atoms. The van der Waals surface area contributed by atoms with E-state index >= 15 is 0 Å². The van der Waals surface area contributed by atoms with Gasteiger partial charge in [0.25, 0.3) is 5.91 Å². The molecule has 8 nitrogen and oxygen atoms in total. The quantitative estimate of drug-likeness (QED) is 0.472. The predicted octanol–water partition coefficient (Wildman–Crippen LogP) is 2.44. The molecule has 2 aromatic heterocycles. The molecule has 150 valence electrons. The van der Waals surface area contributed by atoms with E-state index in [9.17, 15) is 4.79 Å². The molecule has 1 aromatic carbocycles. The number of thioether (sulfide) groups is 1. The average molecular weight is 411 g/mol. The van der Waals surface area contributed by atoms with Crippen molar-refractivity contribution in [3.63, 3.8) is 0 Å². The number of hydrogen-bond donors (Lipinski definition) is 0. The molecule has 29 heavy (non-hydrogen) atoms. The average Bonchev–Trinajstić information content (AvgIpc) is 3.16. The summed E-state index contributed by atoms with van der Waals surface area (Å²) in [6, 6.07) is 11.6. The molecule has 1 aliphatic rings. The zero-order chi connectivity index (χ0) is 20.2. The summed E-state index contributed by atoms with van der Waals surface area (Å²) in [4.78, 5) is 23.8. The first kappa shape index (κ1) is 19.5. The van der Waals surface area contributed by atoms with Crippen LogP contribution in [0.15, 0.2) is 41.6 Å². The Balaban J connectivity index is 1.66. The lowest BCUT2D eigenvalue weighted by atomic mass is 10.2. The van der Waals surface area contributed by atoms with E-state index in [1.165, 1.54) is 11.8 Å². The number of benzene rings is 1. The SMILES string of the molecule is Cc1cc(C)nc(SCc2c(C(=O)N3CCOCC3)nnn2-c2ccccc2)n1. The number of aromatic nitrogens is 5. The van der Waals surface area contributed by atoms with Gasteiger partial charge in [0, 0.05) is 30.2 Å².